The second-order valence-corrected chi connectivity index (χ2v) is 6.35. The molecule has 0 aliphatic heterocycles. The normalized spacial score (nSPS) is 30.9. The van der Waals surface area contributed by atoms with Gasteiger partial charge in [-0.3, -0.25) is 4.79 Å². The molecule has 3 heteroatoms. The molecule has 0 amide bonds. The summed E-state index contributed by atoms with van der Waals surface area (Å²) < 4.78 is 5.42. The number of rotatable bonds is 2. The lowest BCUT2D eigenvalue weighted by atomic mass is 9.93. The zero-order valence-corrected chi connectivity index (χ0v) is 11.5. The minimum Gasteiger partial charge on any atom is -0.459 e. The molecule has 0 saturated heterocycles. The Kier molecular flexibility index (Phi) is 2.78. The third-order valence-electron chi connectivity index (χ3n) is 3.67. The van der Waals surface area contributed by atoms with Crippen LogP contribution in [0.25, 0.3) is 0 Å². The molecular formula is C15H21NO2. The van der Waals surface area contributed by atoms with Crippen molar-refractivity contribution in [3.05, 3.63) is 35.9 Å². The van der Waals surface area contributed by atoms with Crippen molar-refractivity contribution in [1.82, 2.24) is 0 Å². The van der Waals surface area contributed by atoms with Crippen LogP contribution in [0.4, 0.5) is 0 Å². The Morgan fingerprint density at radius 3 is 2.33 bits per heavy atom. The molecule has 0 bridgehead atoms. The van der Waals surface area contributed by atoms with Crippen LogP contribution in [0.3, 0.4) is 0 Å². The Bertz CT molecular complexity index is 463. The topological polar surface area (TPSA) is 52.3 Å². The smallest absolute Gasteiger partial charge is 0.327 e. The fourth-order valence-corrected chi connectivity index (χ4v) is 2.35. The molecule has 1 fully saturated rings. The maximum Gasteiger partial charge on any atom is 0.327 e. The number of esters is 1. The van der Waals surface area contributed by atoms with Gasteiger partial charge in [0.25, 0.3) is 0 Å². The summed E-state index contributed by atoms with van der Waals surface area (Å²) in [6.45, 7) is 7.59. The summed E-state index contributed by atoms with van der Waals surface area (Å²) in [5.74, 6) is -0.304. The molecule has 18 heavy (non-hydrogen) atoms. The Labute approximate surface area is 108 Å². The number of carbonyl (C=O) groups excluding carboxylic acids is 1. The van der Waals surface area contributed by atoms with E-state index in [9.17, 15) is 4.79 Å². The van der Waals surface area contributed by atoms with E-state index in [1.165, 1.54) is 0 Å². The fraction of sp³-hybridized carbons (Fsp3) is 0.533. The van der Waals surface area contributed by atoms with E-state index in [0.29, 0.717) is 6.42 Å². The van der Waals surface area contributed by atoms with Crippen molar-refractivity contribution < 1.29 is 9.53 Å². The molecule has 2 atom stereocenters. The first-order valence-corrected chi connectivity index (χ1v) is 6.27. The Hall–Kier alpha value is -1.35. The molecular weight excluding hydrogens is 226 g/mol. The van der Waals surface area contributed by atoms with Crippen molar-refractivity contribution in [2.75, 3.05) is 0 Å². The van der Waals surface area contributed by atoms with Gasteiger partial charge in [0.15, 0.2) is 0 Å². The zero-order chi connectivity index (χ0) is 13.6. The lowest BCUT2D eigenvalue weighted by Crippen LogP contribution is -2.44. The maximum absolute atomic E-state index is 12.2. The number of hydrogen-bond acceptors (Lipinski definition) is 3. The second kappa shape index (κ2) is 3.82. The molecule has 2 rings (SSSR count). The minimum absolute atomic E-state index is 0.304. The highest BCUT2D eigenvalue weighted by Crippen LogP contribution is 2.56. The van der Waals surface area contributed by atoms with Crippen molar-refractivity contribution in [1.29, 1.82) is 0 Å². The van der Waals surface area contributed by atoms with E-state index in [1.807, 2.05) is 58.0 Å². The number of carbonyl (C=O) groups is 1. The molecule has 1 saturated carbocycles. The van der Waals surface area contributed by atoms with Crippen LogP contribution in [-0.2, 0) is 14.9 Å². The number of ether oxygens (including phenoxy) is 1. The van der Waals surface area contributed by atoms with Gasteiger partial charge in [-0.1, -0.05) is 37.3 Å². The molecule has 0 radical (unpaired) electrons. The molecule has 0 spiro atoms. The van der Waals surface area contributed by atoms with Gasteiger partial charge in [-0.2, -0.15) is 0 Å². The van der Waals surface area contributed by atoms with Crippen LogP contribution >= 0.6 is 0 Å². The van der Waals surface area contributed by atoms with Crippen LogP contribution in [0.1, 0.15) is 39.7 Å². The van der Waals surface area contributed by atoms with Crippen molar-refractivity contribution in [2.45, 2.75) is 50.7 Å². The quantitative estimate of drug-likeness (QED) is 0.816. The molecule has 3 nitrogen and oxygen atoms in total. The SMILES string of the molecule is CC(C)(C)OC(=O)[C@]1(N)C[C@]1(C)c1ccccc1. The van der Waals surface area contributed by atoms with E-state index >= 15 is 0 Å². The van der Waals surface area contributed by atoms with E-state index in [0.717, 1.165) is 5.56 Å². The first-order valence-electron chi connectivity index (χ1n) is 6.27. The lowest BCUT2D eigenvalue weighted by Gasteiger charge is -2.24. The lowest BCUT2D eigenvalue weighted by molar-refractivity contribution is -0.158. The average Bonchev–Trinajstić information content (AvgIpc) is 2.84. The van der Waals surface area contributed by atoms with E-state index in [1.54, 1.807) is 0 Å². The fourth-order valence-electron chi connectivity index (χ4n) is 2.35. The molecule has 0 heterocycles. The average molecular weight is 247 g/mol. The number of nitrogens with two attached hydrogens (primary N) is 1. The molecule has 1 aliphatic carbocycles. The van der Waals surface area contributed by atoms with Gasteiger partial charge in [-0.15, -0.1) is 0 Å². The third-order valence-corrected chi connectivity index (χ3v) is 3.67. The van der Waals surface area contributed by atoms with Crippen LogP contribution < -0.4 is 5.73 Å². The first-order chi connectivity index (χ1) is 8.19. The highest BCUT2D eigenvalue weighted by Gasteiger charge is 2.69. The van der Waals surface area contributed by atoms with Gasteiger partial charge in [0.1, 0.15) is 11.1 Å². The van der Waals surface area contributed by atoms with Crippen molar-refractivity contribution in [3.63, 3.8) is 0 Å². The van der Waals surface area contributed by atoms with Gasteiger partial charge in [-0.05, 0) is 32.8 Å². The van der Waals surface area contributed by atoms with Gasteiger partial charge in [0.2, 0.25) is 0 Å². The highest BCUT2D eigenvalue weighted by atomic mass is 16.6. The van der Waals surface area contributed by atoms with Gasteiger partial charge in [0.05, 0.1) is 0 Å². The third kappa shape index (κ3) is 2.03. The van der Waals surface area contributed by atoms with E-state index in [-0.39, 0.29) is 11.4 Å². The van der Waals surface area contributed by atoms with Gasteiger partial charge < -0.3 is 10.5 Å². The van der Waals surface area contributed by atoms with Crippen LogP contribution in [0.5, 0.6) is 0 Å². The molecule has 0 aromatic heterocycles. The van der Waals surface area contributed by atoms with Crippen LogP contribution in [0.15, 0.2) is 30.3 Å². The summed E-state index contributed by atoms with van der Waals surface area (Å²) in [7, 11) is 0. The zero-order valence-electron chi connectivity index (χ0n) is 11.5. The molecule has 1 aromatic carbocycles. The molecule has 0 unspecified atom stereocenters. The Balaban J connectivity index is 2.20. The molecule has 98 valence electrons. The molecule has 1 aromatic rings. The van der Waals surface area contributed by atoms with Gasteiger partial charge in [-0.25, -0.2) is 0 Å². The Morgan fingerprint density at radius 1 is 1.28 bits per heavy atom. The summed E-state index contributed by atoms with van der Waals surface area (Å²) in [6, 6.07) is 9.92. The number of hydrogen-bond donors (Lipinski definition) is 1. The highest BCUT2D eigenvalue weighted by molar-refractivity contribution is 5.88. The Morgan fingerprint density at radius 2 is 1.83 bits per heavy atom. The predicted molar refractivity (Wildman–Crippen MR) is 71.2 cm³/mol. The minimum atomic E-state index is -0.887. The van der Waals surface area contributed by atoms with Crippen LogP contribution in [0.2, 0.25) is 0 Å². The molecule has 1 aliphatic rings. The summed E-state index contributed by atoms with van der Waals surface area (Å²) in [5, 5.41) is 0. The van der Waals surface area contributed by atoms with Crippen molar-refractivity contribution in [3.8, 4) is 0 Å². The summed E-state index contributed by atoms with van der Waals surface area (Å²) in [6.07, 6.45) is 0.638. The largest absolute Gasteiger partial charge is 0.459 e. The van der Waals surface area contributed by atoms with Gasteiger partial charge in [0, 0.05) is 5.41 Å². The van der Waals surface area contributed by atoms with Crippen LogP contribution in [-0.4, -0.2) is 17.1 Å². The summed E-state index contributed by atoms with van der Waals surface area (Å²) in [5.41, 5.74) is 5.64. The predicted octanol–water partition coefficient (Wildman–Crippen LogP) is 2.39. The summed E-state index contributed by atoms with van der Waals surface area (Å²) in [4.78, 5) is 12.2. The first kappa shape index (κ1) is 13.1. The van der Waals surface area contributed by atoms with Gasteiger partial charge >= 0.3 is 5.97 Å². The van der Waals surface area contributed by atoms with Crippen molar-refractivity contribution >= 4 is 5.97 Å². The van der Waals surface area contributed by atoms with E-state index < -0.39 is 11.1 Å². The molecule has 2 N–H and O–H groups in total. The standard InChI is InChI=1S/C15H21NO2/c1-13(2,3)18-12(17)15(16)10-14(15,4)11-8-6-5-7-9-11/h5-9H,10,16H2,1-4H3/t14-,15-/m1/s1. The van der Waals surface area contributed by atoms with E-state index in [4.69, 9.17) is 10.5 Å². The second-order valence-electron chi connectivity index (χ2n) is 6.35. The summed E-state index contributed by atoms with van der Waals surface area (Å²) >= 11 is 0. The van der Waals surface area contributed by atoms with E-state index in [2.05, 4.69) is 0 Å². The van der Waals surface area contributed by atoms with Crippen LogP contribution in [0, 0.1) is 0 Å². The number of benzene rings is 1. The maximum atomic E-state index is 12.2. The van der Waals surface area contributed by atoms with Crippen molar-refractivity contribution in [2.24, 2.45) is 5.73 Å². The monoisotopic (exact) mass is 247 g/mol.